The fourth-order valence-electron chi connectivity index (χ4n) is 2.42. The summed E-state index contributed by atoms with van der Waals surface area (Å²) in [5, 5.41) is 0. The fourth-order valence-corrected chi connectivity index (χ4v) is 6.19. The molecule has 2 aromatic carbocycles. The second-order valence-electron chi connectivity index (χ2n) is 5.76. The largest absolute Gasteiger partial charge is 0.497 e. The molecule has 1 aromatic heterocycles. The first kappa shape index (κ1) is 19.6. The molecule has 0 radical (unpaired) electrons. The summed E-state index contributed by atoms with van der Waals surface area (Å²) in [6.07, 6.45) is 0.505. The van der Waals surface area contributed by atoms with Crippen LogP contribution in [0.25, 0.3) is 10.2 Å². The van der Waals surface area contributed by atoms with Crippen molar-refractivity contribution in [2.24, 2.45) is 0 Å². The first-order valence-corrected chi connectivity index (χ1v) is 12.0. The smallest absolute Gasteiger partial charge is 0.261 e. The number of nitrogens with one attached hydrogen (secondary N) is 1. The predicted octanol–water partition coefficient (Wildman–Crippen LogP) is 3.29. The van der Waals surface area contributed by atoms with Crippen LogP contribution in [0.2, 0.25) is 0 Å². The fraction of sp³-hybridized carbons (Fsp3) is 0.235. The zero-order chi connectivity index (χ0) is 19.7. The van der Waals surface area contributed by atoms with Gasteiger partial charge in [-0.3, -0.25) is 4.72 Å². The van der Waals surface area contributed by atoms with E-state index < -0.39 is 19.9 Å². The quantitative estimate of drug-likeness (QED) is 0.622. The first-order valence-electron chi connectivity index (χ1n) is 8.05. The van der Waals surface area contributed by atoms with Gasteiger partial charge in [0.05, 0.1) is 33.7 Å². The predicted molar refractivity (Wildman–Crippen MR) is 106 cm³/mol. The Balaban J connectivity index is 1.90. The molecule has 0 amide bonds. The highest BCUT2D eigenvalue weighted by molar-refractivity contribution is 7.93. The Morgan fingerprint density at radius 3 is 2.41 bits per heavy atom. The lowest BCUT2D eigenvalue weighted by molar-refractivity contribution is 0.414. The Hall–Kier alpha value is -2.17. The maximum absolute atomic E-state index is 12.5. The zero-order valence-corrected chi connectivity index (χ0v) is 17.1. The van der Waals surface area contributed by atoms with E-state index in [0.717, 1.165) is 11.3 Å². The third kappa shape index (κ3) is 4.23. The molecule has 0 aliphatic heterocycles. The van der Waals surface area contributed by atoms with Gasteiger partial charge in [0.25, 0.3) is 10.0 Å². The summed E-state index contributed by atoms with van der Waals surface area (Å²) in [5.41, 5.74) is 0.850. The number of hydrogen-bond donors (Lipinski definition) is 1. The average molecular weight is 427 g/mol. The van der Waals surface area contributed by atoms with Crippen molar-refractivity contribution in [1.29, 1.82) is 0 Å². The van der Waals surface area contributed by atoms with Crippen LogP contribution in [0.3, 0.4) is 0 Å². The van der Waals surface area contributed by atoms with Crippen LogP contribution in [0, 0.1) is 0 Å². The summed E-state index contributed by atoms with van der Waals surface area (Å²) >= 11 is 1.03. The summed E-state index contributed by atoms with van der Waals surface area (Å²) < 4.78 is 57.6. The summed E-state index contributed by atoms with van der Waals surface area (Å²) in [6.45, 7) is 1.79. The molecule has 0 saturated heterocycles. The van der Waals surface area contributed by atoms with E-state index in [0.29, 0.717) is 28.1 Å². The van der Waals surface area contributed by atoms with Gasteiger partial charge in [-0.05, 0) is 48.9 Å². The van der Waals surface area contributed by atoms with Gasteiger partial charge in [-0.1, -0.05) is 6.92 Å². The van der Waals surface area contributed by atoms with E-state index >= 15 is 0 Å². The van der Waals surface area contributed by atoms with Crippen LogP contribution in [-0.2, 0) is 19.9 Å². The van der Waals surface area contributed by atoms with Crippen LogP contribution in [0.5, 0.6) is 5.75 Å². The van der Waals surface area contributed by atoms with E-state index in [4.69, 9.17) is 4.74 Å². The molecule has 0 bridgehead atoms. The van der Waals surface area contributed by atoms with Crippen molar-refractivity contribution in [2.75, 3.05) is 17.6 Å². The van der Waals surface area contributed by atoms with Crippen LogP contribution in [0.1, 0.15) is 13.3 Å². The molecule has 27 heavy (non-hydrogen) atoms. The molecular weight excluding hydrogens is 408 g/mol. The number of hydrogen-bond acceptors (Lipinski definition) is 7. The molecule has 3 rings (SSSR count). The molecule has 7 nitrogen and oxygen atoms in total. The number of ether oxygens (including phenoxy) is 1. The molecule has 1 heterocycles. The van der Waals surface area contributed by atoms with Crippen molar-refractivity contribution in [2.45, 2.75) is 22.6 Å². The maximum atomic E-state index is 12.5. The number of nitrogens with zero attached hydrogens (tertiary/aromatic N) is 1. The van der Waals surface area contributed by atoms with Crippen molar-refractivity contribution < 1.29 is 21.6 Å². The molecular formula is C17H18N2O5S3. The molecule has 0 unspecified atom stereocenters. The summed E-state index contributed by atoms with van der Waals surface area (Å²) in [7, 11) is -5.69. The molecule has 3 aromatic rings. The van der Waals surface area contributed by atoms with Crippen LogP contribution in [0.4, 0.5) is 5.69 Å². The van der Waals surface area contributed by atoms with Crippen LogP contribution >= 0.6 is 11.3 Å². The van der Waals surface area contributed by atoms with E-state index in [-0.39, 0.29) is 15.0 Å². The maximum Gasteiger partial charge on any atom is 0.261 e. The molecule has 0 aliphatic rings. The highest BCUT2D eigenvalue weighted by Crippen LogP contribution is 2.29. The van der Waals surface area contributed by atoms with Gasteiger partial charge in [0, 0.05) is 0 Å². The van der Waals surface area contributed by atoms with Crippen molar-refractivity contribution in [3.63, 3.8) is 0 Å². The Kier molecular flexibility index (Phi) is 5.41. The number of thiazole rings is 1. The highest BCUT2D eigenvalue weighted by Gasteiger charge is 2.20. The molecule has 0 fully saturated rings. The standard InChI is InChI=1S/C17H18N2O5S3/c1-3-10-26(20,21)17-18-15-9-4-12(11-16(15)25-17)19-27(22,23)14-7-5-13(24-2)6-8-14/h4-9,11,19H,3,10H2,1-2H3. The molecule has 10 heteroatoms. The Bertz CT molecular complexity index is 1170. The van der Waals surface area contributed by atoms with Crippen molar-refractivity contribution in [3.8, 4) is 5.75 Å². The highest BCUT2D eigenvalue weighted by atomic mass is 32.2. The molecule has 0 saturated carbocycles. The minimum atomic E-state index is -3.78. The number of anilines is 1. The number of aromatic nitrogens is 1. The lowest BCUT2D eigenvalue weighted by Gasteiger charge is -2.08. The summed E-state index contributed by atoms with van der Waals surface area (Å²) in [6, 6.07) is 10.8. The second-order valence-corrected chi connectivity index (χ2v) is 10.8. The van der Waals surface area contributed by atoms with Gasteiger partial charge < -0.3 is 4.74 Å². The third-order valence-corrected chi connectivity index (χ3v) is 8.52. The monoisotopic (exact) mass is 426 g/mol. The van der Waals surface area contributed by atoms with E-state index in [1.54, 1.807) is 37.3 Å². The Morgan fingerprint density at radius 1 is 1.07 bits per heavy atom. The van der Waals surface area contributed by atoms with Crippen molar-refractivity contribution in [3.05, 3.63) is 42.5 Å². The van der Waals surface area contributed by atoms with E-state index in [2.05, 4.69) is 9.71 Å². The van der Waals surface area contributed by atoms with Gasteiger partial charge >= 0.3 is 0 Å². The number of rotatable bonds is 7. The van der Waals surface area contributed by atoms with Gasteiger partial charge in [-0.15, -0.1) is 11.3 Å². The van der Waals surface area contributed by atoms with Crippen molar-refractivity contribution >= 4 is 47.1 Å². The van der Waals surface area contributed by atoms with Crippen LogP contribution in [-0.4, -0.2) is 34.7 Å². The van der Waals surface area contributed by atoms with E-state index in [9.17, 15) is 16.8 Å². The molecule has 1 N–H and O–H groups in total. The minimum Gasteiger partial charge on any atom is -0.497 e. The number of methoxy groups -OCH3 is 1. The van der Waals surface area contributed by atoms with Crippen molar-refractivity contribution in [1.82, 2.24) is 4.98 Å². The Labute approximate surface area is 162 Å². The molecule has 144 valence electrons. The molecule has 0 spiro atoms. The SMILES string of the molecule is CCCS(=O)(=O)c1nc2ccc(NS(=O)(=O)c3ccc(OC)cc3)cc2s1. The zero-order valence-electron chi connectivity index (χ0n) is 14.7. The van der Waals surface area contributed by atoms with Crippen LogP contribution in [0.15, 0.2) is 51.7 Å². The Morgan fingerprint density at radius 2 is 1.78 bits per heavy atom. The average Bonchev–Trinajstić information content (AvgIpc) is 3.06. The number of benzene rings is 2. The van der Waals surface area contributed by atoms with Gasteiger partial charge in [0.2, 0.25) is 14.2 Å². The summed E-state index contributed by atoms with van der Waals surface area (Å²) in [5.74, 6) is 0.588. The normalized spacial score (nSPS) is 12.2. The van der Waals surface area contributed by atoms with Gasteiger partial charge in [-0.25, -0.2) is 21.8 Å². The lowest BCUT2D eigenvalue weighted by Crippen LogP contribution is -2.12. The topological polar surface area (TPSA) is 102 Å². The number of fused-ring (bicyclic) bond motifs is 1. The van der Waals surface area contributed by atoms with Gasteiger partial charge in [-0.2, -0.15) is 0 Å². The minimum absolute atomic E-state index is 0.0315. The third-order valence-electron chi connectivity index (χ3n) is 3.73. The summed E-state index contributed by atoms with van der Waals surface area (Å²) in [4.78, 5) is 4.25. The van der Waals surface area contributed by atoms with E-state index in [1.807, 2.05) is 0 Å². The van der Waals surface area contributed by atoms with E-state index in [1.165, 1.54) is 19.2 Å². The first-order chi connectivity index (χ1) is 12.7. The van der Waals surface area contributed by atoms with Gasteiger partial charge in [0.15, 0.2) is 0 Å². The number of sulfone groups is 1. The second kappa shape index (κ2) is 7.45. The van der Waals surface area contributed by atoms with Crippen LogP contribution < -0.4 is 9.46 Å². The molecule has 0 aliphatic carbocycles. The number of sulfonamides is 1. The molecule has 0 atom stereocenters. The van der Waals surface area contributed by atoms with Gasteiger partial charge in [0.1, 0.15) is 5.75 Å². The lowest BCUT2D eigenvalue weighted by atomic mass is 10.3.